The fraction of sp³-hybridized carbons (Fsp3) is 0.133. The zero-order valence-electron chi connectivity index (χ0n) is 10.5. The molecule has 2 aromatic carbocycles. The van der Waals surface area contributed by atoms with Gasteiger partial charge in [-0.1, -0.05) is 12.1 Å². The van der Waals surface area contributed by atoms with E-state index >= 15 is 0 Å². The van der Waals surface area contributed by atoms with Gasteiger partial charge in [-0.2, -0.15) is 5.26 Å². The predicted octanol–water partition coefficient (Wildman–Crippen LogP) is 3.17. The summed E-state index contributed by atoms with van der Waals surface area (Å²) in [4.78, 5) is 0. The molecule has 0 bridgehead atoms. The van der Waals surface area contributed by atoms with Gasteiger partial charge in [0.1, 0.15) is 6.61 Å². The molecule has 0 heterocycles. The molecule has 4 heteroatoms. The summed E-state index contributed by atoms with van der Waals surface area (Å²) in [6.07, 6.45) is 0. The van der Waals surface area contributed by atoms with Crippen molar-refractivity contribution in [2.45, 2.75) is 13.5 Å². The lowest BCUT2D eigenvalue weighted by molar-refractivity contribution is 0.291. The van der Waals surface area contributed by atoms with Crippen LogP contribution in [0.3, 0.4) is 0 Å². The van der Waals surface area contributed by atoms with Crippen molar-refractivity contribution < 1.29 is 9.13 Å². The molecule has 0 aliphatic rings. The second-order valence-electron chi connectivity index (χ2n) is 4.20. The second-order valence-corrected chi connectivity index (χ2v) is 4.20. The van der Waals surface area contributed by atoms with Crippen LogP contribution in [0.4, 0.5) is 10.1 Å². The summed E-state index contributed by atoms with van der Waals surface area (Å²) in [5.41, 5.74) is 8.34. The molecule has 0 aliphatic carbocycles. The average molecular weight is 256 g/mol. The van der Waals surface area contributed by atoms with Gasteiger partial charge in [0.2, 0.25) is 0 Å². The maximum absolute atomic E-state index is 13.5. The summed E-state index contributed by atoms with van der Waals surface area (Å²) in [5.74, 6) is -0.419. The van der Waals surface area contributed by atoms with Gasteiger partial charge in [-0.3, -0.25) is 0 Å². The molecule has 0 fully saturated rings. The molecule has 96 valence electrons. The minimum atomic E-state index is -0.480. The Morgan fingerprint density at radius 3 is 2.74 bits per heavy atom. The maximum atomic E-state index is 13.5. The number of para-hydroxylation sites is 1. The summed E-state index contributed by atoms with van der Waals surface area (Å²) in [7, 11) is 0. The smallest absolute Gasteiger partial charge is 0.178 e. The predicted molar refractivity (Wildman–Crippen MR) is 71.0 cm³/mol. The van der Waals surface area contributed by atoms with Crippen molar-refractivity contribution >= 4 is 5.69 Å². The summed E-state index contributed by atoms with van der Waals surface area (Å²) in [5, 5.41) is 8.79. The topological polar surface area (TPSA) is 59.0 Å². The summed E-state index contributed by atoms with van der Waals surface area (Å²) >= 11 is 0. The van der Waals surface area contributed by atoms with Gasteiger partial charge >= 0.3 is 0 Å². The first-order chi connectivity index (χ1) is 9.11. The van der Waals surface area contributed by atoms with Crippen molar-refractivity contribution in [2.75, 3.05) is 5.73 Å². The van der Waals surface area contributed by atoms with E-state index in [1.165, 1.54) is 12.1 Å². The third kappa shape index (κ3) is 2.83. The molecule has 2 rings (SSSR count). The van der Waals surface area contributed by atoms with Gasteiger partial charge < -0.3 is 10.5 Å². The minimum Gasteiger partial charge on any atom is -0.484 e. The van der Waals surface area contributed by atoms with Crippen LogP contribution in [0.2, 0.25) is 0 Å². The number of hydrogen-bond acceptors (Lipinski definition) is 3. The number of ether oxygens (including phenoxy) is 1. The zero-order valence-corrected chi connectivity index (χ0v) is 10.5. The Kier molecular flexibility index (Phi) is 3.67. The van der Waals surface area contributed by atoms with Crippen LogP contribution < -0.4 is 10.5 Å². The number of benzene rings is 2. The lowest BCUT2D eigenvalue weighted by Gasteiger charge is -2.11. The van der Waals surface area contributed by atoms with Crippen molar-refractivity contribution in [3.05, 3.63) is 58.9 Å². The monoisotopic (exact) mass is 256 g/mol. The molecule has 0 amide bonds. The summed E-state index contributed by atoms with van der Waals surface area (Å²) in [6.45, 7) is 2.09. The first kappa shape index (κ1) is 12.9. The summed E-state index contributed by atoms with van der Waals surface area (Å²) in [6, 6.07) is 11.8. The van der Waals surface area contributed by atoms with Crippen molar-refractivity contribution in [2.24, 2.45) is 0 Å². The zero-order chi connectivity index (χ0) is 13.8. The van der Waals surface area contributed by atoms with E-state index in [1.54, 1.807) is 24.3 Å². The fourth-order valence-electron chi connectivity index (χ4n) is 1.76. The highest BCUT2D eigenvalue weighted by Crippen LogP contribution is 2.26. The Labute approximate surface area is 111 Å². The highest BCUT2D eigenvalue weighted by Gasteiger charge is 2.08. The Bertz CT molecular complexity index is 627. The Morgan fingerprint density at radius 2 is 2.11 bits per heavy atom. The highest BCUT2D eigenvalue weighted by atomic mass is 19.1. The molecule has 2 aromatic rings. The van der Waals surface area contributed by atoms with Crippen LogP contribution in [0.25, 0.3) is 0 Å². The number of nitrogens with two attached hydrogens (primary N) is 1. The molecule has 0 atom stereocenters. The van der Waals surface area contributed by atoms with E-state index in [4.69, 9.17) is 15.7 Å². The van der Waals surface area contributed by atoms with Gasteiger partial charge in [0.15, 0.2) is 11.6 Å². The number of nitriles is 1. The van der Waals surface area contributed by atoms with Crippen LogP contribution in [0.1, 0.15) is 16.7 Å². The fourth-order valence-corrected chi connectivity index (χ4v) is 1.76. The van der Waals surface area contributed by atoms with Crippen molar-refractivity contribution in [1.29, 1.82) is 5.26 Å². The van der Waals surface area contributed by atoms with Crippen LogP contribution in [0.15, 0.2) is 36.4 Å². The van der Waals surface area contributed by atoms with Crippen LogP contribution in [0.5, 0.6) is 5.75 Å². The number of rotatable bonds is 3. The highest BCUT2D eigenvalue weighted by molar-refractivity contribution is 5.53. The summed E-state index contributed by atoms with van der Waals surface area (Å²) < 4.78 is 18.9. The molecule has 19 heavy (non-hydrogen) atoms. The van der Waals surface area contributed by atoms with E-state index in [1.807, 2.05) is 6.92 Å². The third-order valence-corrected chi connectivity index (χ3v) is 2.84. The van der Waals surface area contributed by atoms with Crippen LogP contribution in [-0.2, 0) is 6.61 Å². The number of hydrogen-bond donors (Lipinski definition) is 1. The van der Waals surface area contributed by atoms with E-state index < -0.39 is 5.82 Å². The minimum absolute atomic E-state index is 0.0614. The van der Waals surface area contributed by atoms with E-state index in [2.05, 4.69) is 6.07 Å². The van der Waals surface area contributed by atoms with Crippen LogP contribution >= 0.6 is 0 Å². The molecule has 0 saturated heterocycles. The van der Waals surface area contributed by atoms with Gasteiger partial charge in [-0.05, 0) is 42.3 Å². The number of anilines is 1. The van der Waals surface area contributed by atoms with Crippen molar-refractivity contribution in [3.63, 3.8) is 0 Å². The van der Waals surface area contributed by atoms with E-state index in [-0.39, 0.29) is 18.0 Å². The van der Waals surface area contributed by atoms with Crippen molar-refractivity contribution in [3.8, 4) is 11.8 Å². The van der Waals surface area contributed by atoms with Gasteiger partial charge in [-0.25, -0.2) is 4.39 Å². The maximum Gasteiger partial charge on any atom is 0.178 e. The number of aryl methyl sites for hydroxylation is 1. The molecular weight excluding hydrogens is 243 g/mol. The Hall–Kier alpha value is -2.54. The molecule has 3 nitrogen and oxygen atoms in total. The first-order valence-electron chi connectivity index (χ1n) is 5.78. The number of halogens is 1. The third-order valence-electron chi connectivity index (χ3n) is 2.84. The van der Waals surface area contributed by atoms with Crippen molar-refractivity contribution in [1.82, 2.24) is 0 Å². The number of nitrogens with zero attached hydrogens (tertiary/aromatic N) is 1. The van der Waals surface area contributed by atoms with Gasteiger partial charge in [0.05, 0.1) is 17.3 Å². The lowest BCUT2D eigenvalue weighted by Crippen LogP contribution is -2.02. The molecular formula is C15H13FN2O. The van der Waals surface area contributed by atoms with Gasteiger partial charge in [-0.15, -0.1) is 0 Å². The van der Waals surface area contributed by atoms with Gasteiger partial charge in [0, 0.05) is 0 Å². The number of nitrogen functional groups attached to an aromatic ring is 1. The van der Waals surface area contributed by atoms with Gasteiger partial charge in [0.25, 0.3) is 0 Å². The van der Waals surface area contributed by atoms with E-state index in [9.17, 15) is 4.39 Å². The van der Waals surface area contributed by atoms with Crippen LogP contribution in [0, 0.1) is 24.1 Å². The molecule has 0 unspecified atom stereocenters. The second kappa shape index (κ2) is 5.40. The normalized spacial score (nSPS) is 9.95. The lowest BCUT2D eigenvalue weighted by atomic mass is 10.1. The molecule has 0 radical (unpaired) electrons. The first-order valence-corrected chi connectivity index (χ1v) is 5.78. The quantitative estimate of drug-likeness (QED) is 0.858. The molecule has 0 spiro atoms. The molecule has 0 saturated carbocycles. The molecule has 0 aliphatic heterocycles. The largest absolute Gasteiger partial charge is 0.484 e. The Balaban J connectivity index is 2.17. The molecule has 0 aromatic heterocycles. The molecule has 2 N–H and O–H groups in total. The van der Waals surface area contributed by atoms with E-state index in [0.29, 0.717) is 5.56 Å². The Morgan fingerprint density at radius 1 is 1.32 bits per heavy atom. The average Bonchev–Trinajstić information content (AvgIpc) is 2.39. The van der Waals surface area contributed by atoms with Crippen LogP contribution in [-0.4, -0.2) is 0 Å². The SMILES string of the molecule is Cc1cc(C#N)ccc1COc1c(N)cccc1F. The van der Waals surface area contributed by atoms with E-state index in [0.717, 1.165) is 11.1 Å². The standard InChI is InChI=1S/C15H13FN2O/c1-10-7-11(8-17)5-6-12(10)9-19-15-13(16)3-2-4-14(15)18/h2-7H,9,18H2,1H3.